The number of ether oxygens (including phenoxy) is 1. The molecule has 0 radical (unpaired) electrons. The van der Waals surface area contributed by atoms with E-state index in [1.165, 1.54) is 4.90 Å². The van der Waals surface area contributed by atoms with Crippen molar-refractivity contribution in [3.05, 3.63) is 0 Å². The molecule has 0 bridgehead atoms. The van der Waals surface area contributed by atoms with Crippen LogP contribution in [0.4, 0.5) is 4.79 Å². The van der Waals surface area contributed by atoms with Gasteiger partial charge in [0.2, 0.25) is 0 Å². The molecule has 0 saturated carbocycles. The van der Waals surface area contributed by atoms with Crippen LogP contribution in [-0.2, 0) is 4.74 Å². The Morgan fingerprint density at radius 2 is 1.27 bits per heavy atom. The number of hydrogen-bond acceptors (Lipinski definition) is 7. The second kappa shape index (κ2) is 7.56. The van der Waals surface area contributed by atoms with E-state index in [9.17, 15) is 15.0 Å². The summed E-state index contributed by atoms with van der Waals surface area (Å²) in [5.41, 5.74) is -0.546. The van der Waals surface area contributed by atoms with Gasteiger partial charge in [-0.25, -0.2) is 4.79 Å². The van der Waals surface area contributed by atoms with Gasteiger partial charge < -0.3 is 35.0 Å². The molecule has 4 atom stereocenters. The second-order valence-corrected chi connectivity index (χ2v) is 6.88. The predicted octanol–water partition coefficient (Wildman–Crippen LogP) is -1.39. The number of aliphatic hydroxyl groups is 4. The third-order valence-electron chi connectivity index (χ3n) is 3.35. The Hall–Kier alpha value is -0.930. The number of aliphatic hydroxyl groups excluding tert-OH is 4. The lowest BCUT2D eigenvalue weighted by Gasteiger charge is -2.24. The van der Waals surface area contributed by atoms with Gasteiger partial charge in [0.25, 0.3) is 0 Å². The van der Waals surface area contributed by atoms with Crippen molar-refractivity contribution in [2.24, 2.45) is 0 Å². The van der Waals surface area contributed by atoms with Crippen molar-refractivity contribution >= 4 is 6.09 Å². The maximum atomic E-state index is 11.4. The summed E-state index contributed by atoms with van der Waals surface area (Å²) in [4.78, 5) is 14.6. The first-order valence-electron chi connectivity index (χ1n) is 7.38. The first kappa shape index (κ1) is 19.1. The first-order chi connectivity index (χ1) is 9.99. The SMILES string of the molecule is CC(C)(C)OC(=O)N1C[C@@H](O)[C@H](O)C1.CN1C[C@@H](O)[C@H](O)C1. The van der Waals surface area contributed by atoms with Crippen LogP contribution in [0.1, 0.15) is 20.8 Å². The number of nitrogens with zero attached hydrogens (tertiary/aromatic N) is 2. The maximum absolute atomic E-state index is 11.4. The molecule has 0 aromatic rings. The van der Waals surface area contributed by atoms with Crippen LogP contribution in [0.3, 0.4) is 0 Å². The van der Waals surface area contributed by atoms with Crippen molar-refractivity contribution in [2.45, 2.75) is 50.8 Å². The van der Waals surface area contributed by atoms with Gasteiger partial charge in [-0.05, 0) is 27.8 Å². The fourth-order valence-corrected chi connectivity index (χ4v) is 2.20. The minimum absolute atomic E-state index is 0.135. The van der Waals surface area contributed by atoms with E-state index in [0.717, 1.165) is 0 Å². The maximum Gasteiger partial charge on any atom is 0.410 e. The molecule has 8 nitrogen and oxygen atoms in total. The van der Waals surface area contributed by atoms with Crippen LogP contribution in [-0.4, -0.2) is 99.6 Å². The summed E-state index contributed by atoms with van der Waals surface area (Å²) in [6.45, 7) is 6.78. The van der Waals surface area contributed by atoms with Crippen molar-refractivity contribution < 1.29 is 30.0 Å². The number of β-amino-alcohol motifs (C(OH)–C–C–N with tert-alkyl or cyclic N) is 4. The van der Waals surface area contributed by atoms with Gasteiger partial charge in [-0.2, -0.15) is 0 Å². The molecule has 2 aliphatic heterocycles. The van der Waals surface area contributed by atoms with Gasteiger partial charge in [-0.3, -0.25) is 0 Å². The summed E-state index contributed by atoms with van der Waals surface area (Å²) in [6.07, 6.45) is -3.27. The van der Waals surface area contributed by atoms with Gasteiger partial charge in [-0.1, -0.05) is 0 Å². The molecule has 0 aromatic heterocycles. The molecule has 0 unspecified atom stereocenters. The van der Waals surface area contributed by atoms with Gasteiger partial charge in [-0.15, -0.1) is 0 Å². The van der Waals surface area contributed by atoms with Crippen molar-refractivity contribution in [3.63, 3.8) is 0 Å². The Kier molecular flexibility index (Phi) is 6.57. The number of rotatable bonds is 0. The molecule has 2 fully saturated rings. The van der Waals surface area contributed by atoms with Crippen LogP contribution < -0.4 is 0 Å². The van der Waals surface area contributed by atoms with E-state index in [1.807, 2.05) is 11.9 Å². The number of amides is 1. The minimum Gasteiger partial charge on any atom is -0.444 e. The Morgan fingerprint density at radius 1 is 0.909 bits per heavy atom. The highest BCUT2D eigenvalue weighted by molar-refractivity contribution is 5.68. The largest absolute Gasteiger partial charge is 0.444 e. The monoisotopic (exact) mass is 320 g/mol. The van der Waals surface area contributed by atoms with Crippen LogP contribution in [0.25, 0.3) is 0 Å². The van der Waals surface area contributed by atoms with Crippen LogP contribution in [0, 0.1) is 0 Å². The minimum atomic E-state index is -0.859. The fourth-order valence-electron chi connectivity index (χ4n) is 2.20. The van der Waals surface area contributed by atoms with Crippen LogP contribution >= 0.6 is 0 Å². The number of carbonyl (C=O) groups is 1. The molecule has 8 heteroatoms. The molecule has 1 amide bonds. The van der Waals surface area contributed by atoms with Crippen LogP contribution in [0.5, 0.6) is 0 Å². The zero-order chi connectivity index (χ0) is 17.1. The molecule has 0 aromatic carbocycles. The zero-order valence-electron chi connectivity index (χ0n) is 13.6. The van der Waals surface area contributed by atoms with Gasteiger partial charge >= 0.3 is 6.09 Å². The second-order valence-electron chi connectivity index (χ2n) is 6.88. The van der Waals surface area contributed by atoms with Crippen molar-refractivity contribution in [1.29, 1.82) is 0 Å². The van der Waals surface area contributed by atoms with Crippen molar-refractivity contribution in [1.82, 2.24) is 9.80 Å². The number of likely N-dealkylation sites (N-methyl/N-ethyl adjacent to an activating group) is 1. The molecular formula is C14H28N2O6. The third-order valence-corrected chi connectivity index (χ3v) is 3.35. The van der Waals surface area contributed by atoms with E-state index in [-0.39, 0.29) is 13.1 Å². The number of hydrogen-bond donors (Lipinski definition) is 4. The molecule has 130 valence electrons. The molecular weight excluding hydrogens is 292 g/mol. The van der Waals surface area contributed by atoms with E-state index in [1.54, 1.807) is 20.8 Å². The third kappa shape index (κ3) is 6.05. The van der Waals surface area contributed by atoms with E-state index in [0.29, 0.717) is 13.1 Å². The smallest absolute Gasteiger partial charge is 0.410 e. The van der Waals surface area contributed by atoms with Gasteiger partial charge in [0.15, 0.2) is 0 Å². The Balaban J connectivity index is 0.000000255. The fraction of sp³-hybridized carbons (Fsp3) is 0.929. The predicted molar refractivity (Wildman–Crippen MR) is 79.3 cm³/mol. The lowest BCUT2D eigenvalue weighted by atomic mass is 10.2. The average molecular weight is 320 g/mol. The van der Waals surface area contributed by atoms with Gasteiger partial charge in [0.05, 0.1) is 37.5 Å². The quantitative estimate of drug-likeness (QED) is 0.435. The van der Waals surface area contributed by atoms with Crippen LogP contribution in [0.15, 0.2) is 0 Å². The van der Waals surface area contributed by atoms with Gasteiger partial charge in [0, 0.05) is 13.1 Å². The lowest BCUT2D eigenvalue weighted by molar-refractivity contribution is 0.0267. The number of likely N-dealkylation sites (tertiary alicyclic amines) is 2. The Morgan fingerprint density at radius 3 is 1.55 bits per heavy atom. The Bertz CT molecular complexity index is 353. The summed E-state index contributed by atoms with van der Waals surface area (Å²) >= 11 is 0. The molecule has 2 heterocycles. The van der Waals surface area contributed by atoms with E-state index in [2.05, 4.69) is 0 Å². The summed E-state index contributed by atoms with van der Waals surface area (Å²) in [5, 5.41) is 36.2. The van der Waals surface area contributed by atoms with E-state index in [4.69, 9.17) is 14.9 Å². The molecule has 4 N–H and O–H groups in total. The summed E-state index contributed by atoms with van der Waals surface area (Å²) in [6, 6.07) is 0. The Labute approximate surface area is 130 Å². The summed E-state index contributed by atoms with van der Waals surface area (Å²) in [5.74, 6) is 0. The average Bonchev–Trinajstić information content (AvgIpc) is 2.81. The molecule has 0 spiro atoms. The van der Waals surface area contributed by atoms with Crippen molar-refractivity contribution in [2.75, 3.05) is 33.2 Å². The van der Waals surface area contributed by atoms with Crippen LogP contribution in [0.2, 0.25) is 0 Å². The molecule has 0 aliphatic carbocycles. The van der Waals surface area contributed by atoms with Gasteiger partial charge in [0.1, 0.15) is 5.60 Å². The normalized spacial score (nSPS) is 32.6. The highest BCUT2D eigenvalue weighted by Gasteiger charge is 2.34. The standard InChI is InChI=1S/C9H17NO4.C5H11NO2/c1-9(2,3)14-8(13)10-4-6(11)7(12)5-10;1-6-2-4(7)5(8)3-6/h6-7,11-12H,4-5H2,1-3H3;4-5,7-8H,2-3H2,1H3/t6-,7-;4-,5-/m11/s1. The summed E-state index contributed by atoms with van der Waals surface area (Å²) < 4.78 is 5.08. The first-order valence-corrected chi connectivity index (χ1v) is 7.38. The highest BCUT2D eigenvalue weighted by Crippen LogP contribution is 2.15. The summed E-state index contributed by atoms with van der Waals surface area (Å²) in [7, 11) is 1.87. The van der Waals surface area contributed by atoms with E-state index >= 15 is 0 Å². The van der Waals surface area contributed by atoms with Crippen molar-refractivity contribution in [3.8, 4) is 0 Å². The van der Waals surface area contributed by atoms with E-state index < -0.39 is 36.1 Å². The lowest BCUT2D eigenvalue weighted by Crippen LogP contribution is -2.36. The highest BCUT2D eigenvalue weighted by atomic mass is 16.6. The zero-order valence-corrected chi connectivity index (χ0v) is 13.6. The molecule has 22 heavy (non-hydrogen) atoms. The topological polar surface area (TPSA) is 114 Å². The molecule has 2 saturated heterocycles. The number of carbonyl (C=O) groups excluding carboxylic acids is 1. The molecule has 2 aliphatic rings. The molecule has 2 rings (SSSR count).